The second-order valence-electron chi connectivity index (χ2n) is 6.35. The van der Waals surface area contributed by atoms with Gasteiger partial charge in [0.15, 0.2) is 0 Å². The van der Waals surface area contributed by atoms with Crippen LogP contribution in [0.5, 0.6) is 0 Å². The van der Waals surface area contributed by atoms with Gasteiger partial charge in [0.2, 0.25) is 5.88 Å². The Balaban J connectivity index is 1.60. The van der Waals surface area contributed by atoms with Gasteiger partial charge in [-0.05, 0) is 25.3 Å². The Morgan fingerprint density at radius 1 is 1.13 bits per heavy atom. The lowest BCUT2D eigenvalue weighted by molar-refractivity contribution is 0.120. The molecule has 2 fully saturated rings. The highest BCUT2D eigenvalue weighted by molar-refractivity contribution is 5.68. The van der Waals surface area contributed by atoms with Crippen molar-refractivity contribution in [2.75, 3.05) is 37.7 Å². The summed E-state index contributed by atoms with van der Waals surface area (Å²) in [5.74, 6) is 1.76. The summed E-state index contributed by atoms with van der Waals surface area (Å²) in [6, 6.07) is 10.3. The molecule has 1 saturated heterocycles. The lowest BCUT2D eigenvalue weighted by Gasteiger charge is -2.26. The maximum absolute atomic E-state index is 5.74. The SMILES string of the molecule is c1ccc(-c2noc(N3CCOCC3)c2CNCC2CC2)cc1. The van der Waals surface area contributed by atoms with Gasteiger partial charge < -0.3 is 19.5 Å². The van der Waals surface area contributed by atoms with Gasteiger partial charge in [-0.25, -0.2) is 0 Å². The molecule has 1 N–H and O–H groups in total. The average molecular weight is 313 g/mol. The van der Waals surface area contributed by atoms with Gasteiger partial charge in [0, 0.05) is 25.2 Å². The first-order valence-electron chi connectivity index (χ1n) is 8.49. The fourth-order valence-corrected chi connectivity index (χ4v) is 3.02. The molecule has 122 valence electrons. The van der Waals surface area contributed by atoms with Crippen molar-refractivity contribution in [2.24, 2.45) is 5.92 Å². The van der Waals surface area contributed by atoms with E-state index in [2.05, 4.69) is 27.5 Å². The Kier molecular flexibility index (Phi) is 4.30. The van der Waals surface area contributed by atoms with E-state index in [0.29, 0.717) is 0 Å². The second-order valence-corrected chi connectivity index (χ2v) is 6.35. The van der Waals surface area contributed by atoms with E-state index >= 15 is 0 Å². The molecule has 1 aromatic heterocycles. The van der Waals surface area contributed by atoms with Crippen LogP contribution < -0.4 is 10.2 Å². The summed E-state index contributed by atoms with van der Waals surface area (Å²) in [4.78, 5) is 2.25. The molecule has 1 aliphatic heterocycles. The molecule has 2 aliphatic rings. The molecule has 2 heterocycles. The molecule has 0 bridgehead atoms. The zero-order valence-electron chi connectivity index (χ0n) is 13.3. The van der Waals surface area contributed by atoms with Crippen LogP contribution in [0.2, 0.25) is 0 Å². The van der Waals surface area contributed by atoms with Gasteiger partial charge in [-0.15, -0.1) is 0 Å². The highest BCUT2D eigenvalue weighted by Crippen LogP contribution is 2.32. The summed E-state index contributed by atoms with van der Waals surface area (Å²) >= 11 is 0. The largest absolute Gasteiger partial charge is 0.378 e. The smallest absolute Gasteiger partial charge is 0.232 e. The third-order valence-electron chi connectivity index (χ3n) is 4.54. The van der Waals surface area contributed by atoms with Crippen molar-refractivity contribution in [3.63, 3.8) is 0 Å². The minimum atomic E-state index is 0.746. The van der Waals surface area contributed by atoms with Gasteiger partial charge in [0.05, 0.1) is 18.8 Å². The van der Waals surface area contributed by atoms with Crippen LogP contribution in [-0.2, 0) is 11.3 Å². The quantitative estimate of drug-likeness (QED) is 0.888. The van der Waals surface area contributed by atoms with Crippen LogP contribution in [0, 0.1) is 5.92 Å². The second kappa shape index (κ2) is 6.72. The van der Waals surface area contributed by atoms with Crippen molar-refractivity contribution < 1.29 is 9.26 Å². The zero-order chi connectivity index (χ0) is 15.5. The fourth-order valence-electron chi connectivity index (χ4n) is 3.02. The van der Waals surface area contributed by atoms with Crippen molar-refractivity contribution in [3.8, 4) is 11.3 Å². The minimum absolute atomic E-state index is 0.746. The molecule has 1 aliphatic carbocycles. The standard InChI is InChI=1S/C18H23N3O2/c1-2-4-15(5-3-1)17-16(13-19-12-14-6-7-14)18(23-20-17)21-8-10-22-11-9-21/h1-5,14,19H,6-13H2. The molecule has 0 unspecified atom stereocenters. The molecule has 0 radical (unpaired) electrons. The van der Waals surface area contributed by atoms with E-state index in [1.54, 1.807) is 0 Å². The highest BCUT2D eigenvalue weighted by Gasteiger charge is 2.25. The highest BCUT2D eigenvalue weighted by atomic mass is 16.5. The monoisotopic (exact) mass is 313 g/mol. The Bertz CT molecular complexity index is 631. The molecule has 1 saturated carbocycles. The summed E-state index contributed by atoms with van der Waals surface area (Å²) in [7, 11) is 0. The van der Waals surface area contributed by atoms with Crippen LogP contribution in [0.4, 0.5) is 5.88 Å². The molecule has 23 heavy (non-hydrogen) atoms. The predicted molar refractivity (Wildman–Crippen MR) is 89.4 cm³/mol. The minimum Gasteiger partial charge on any atom is -0.378 e. The van der Waals surface area contributed by atoms with Crippen molar-refractivity contribution in [1.82, 2.24) is 10.5 Å². The third kappa shape index (κ3) is 3.41. The first kappa shape index (κ1) is 14.7. The lowest BCUT2D eigenvalue weighted by atomic mass is 10.1. The van der Waals surface area contributed by atoms with Gasteiger partial charge in [0.25, 0.3) is 0 Å². The first-order valence-corrected chi connectivity index (χ1v) is 8.49. The van der Waals surface area contributed by atoms with Gasteiger partial charge >= 0.3 is 0 Å². The van der Waals surface area contributed by atoms with Gasteiger partial charge in [-0.1, -0.05) is 35.5 Å². The summed E-state index contributed by atoms with van der Waals surface area (Å²) in [6.45, 7) is 5.10. The Labute approximate surface area is 136 Å². The fraction of sp³-hybridized carbons (Fsp3) is 0.500. The van der Waals surface area contributed by atoms with Crippen LogP contribution in [0.25, 0.3) is 11.3 Å². The van der Waals surface area contributed by atoms with Gasteiger partial charge in [-0.3, -0.25) is 0 Å². The molecule has 5 heteroatoms. The maximum Gasteiger partial charge on any atom is 0.232 e. The molecule has 1 aromatic carbocycles. The molecule has 0 spiro atoms. The van der Waals surface area contributed by atoms with Crippen LogP contribution in [-0.4, -0.2) is 38.0 Å². The van der Waals surface area contributed by atoms with E-state index in [4.69, 9.17) is 9.26 Å². The van der Waals surface area contributed by atoms with Crippen molar-refractivity contribution in [2.45, 2.75) is 19.4 Å². The molecule has 5 nitrogen and oxygen atoms in total. The topological polar surface area (TPSA) is 50.5 Å². The maximum atomic E-state index is 5.74. The number of aromatic nitrogens is 1. The number of morpholine rings is 1. The number of nitrogens with zero attached hydrogens (tertiary/aromatic N) is 2. The van der Waals surface area contributed by atoms with Crippen molar-refractivity contribution in [1.29, 1.82) is 0 Å². The number of rotatable bonds is 6. The van der Waals surface area contributed by atoms with E-state index in [1.807, 2.05) is 18.2 Å². The Morgan fingerprint density at radius 2 is 1.91 bits per heavy atom. The Morgan fingerprint density at radius 3 is 2.65 bits per heavy atom. The van der Waals surface area contributed by atoms with E-state index < -0.39 is 0 Å². The van der Waals surface area contributed by atoms with E-state index in [1.165, 1.54) is 18.4 Å². The summed E-state index contributed by atoms with van der Waals surface area (Å²) in [5, 5.41) is 7.96. The molecule has 4 rings (SSSR count). The van der Waals surface area contributed by atoms with Crippen molar-refractivity contribution >= 4 is 5.88 Å². The van der Waals surface area contributed by atoms with Crippen LogP contribution in [0.1, 0.15) is 18.4 Å². The summed E-state index contributed by atoms with van der Waals surface area (Å²) in [6.07, 6.45) is 2.72. The van der Waals surface area contributed by atoms with Gasteiger partial charge in [0.1, 0.15) is 5.69 Å². The van der Waals surface area contributed by atoms with E-state index in [0.717, 1.165) is 62.5 Å². The molecule has 0 amide bonds. The van der Waals surface area contributed by atoms with Crippen LogP contribution >= 0.6 is 0 Å². The third-order valence-corrected chi connectivity index (χ3v) is 4.54. The molecule has 2 aromatic rings. The first-order chi connectivity index (χ1) is 11.4. The number of benzene rings is 1. The average Bonchev–Trinajstić information content (AvgIpc) is 3.34. The van der Waals surface area contributed by atoms with E-state index in [9.17, 15) is 0 Å². The Hall–Kier alpha value is -1.85. The number of hydrogen-bond acceptors (Lipinski definition) is 5. The molecular formula is C18H23N3O2. The van der Waals surface area contributed by atoms with Crippen LogP contribution in [0.3, 0.4) is 0 Å². The predicted octanol–water partition coefficient (Wildman–Crippen LogP) is 2.68. The van der Waals surface area contributed by atoms with Crippen LogP contribution in [0.15, 0.2) is 34.9 Å². The summed E-state index contributed by atoms with van der Waals surface area (Å²) < 4.78 is 11.2. The molecular weight excluding hydrogens is 290 g/mol. The van der Waals surface area contributed by atoms with E-state index in [-0.39, 0.29) is 0 Å². The number of nitrogens with one attached hydrogen (secondary N) is 1. The zero-order valence-corrected chi connectivity index (χ0v) is 13.3. The van der Waals surface area contributed by atoms with Crippen molar-refractivity contribution in [3.05, 3.63) is 35.9 Å². The normalized spacial score (nSPS) is 18.3. The lowest BCUT2D eigenvalue weighted by Crippen LogP contribution is -2.36. The number of anilines is 1. The molecule has 0 atom stereocenters. The summed E-state index contributed by atoms with van der Waals surface area (Å²) in [5.41, 5.74) is 3.23. The number of ether oxygens (including phenoxy) is 1. The number of hydrogen-bond donors (Lipinski definition) is 1. The van der Waals surface area contributed by atoms with Gasteiger partial charge in [-0.2, -0.15) is 0 Å².